The van der Waals surface area contributed by atoms with E-state index in [-0.39, 0.29) is 5.56 Å². The Morgan fingerprint density at radius 1 is 1.03 bits per heavy atom. The third-order valence-electron chi connectivity index (χ3n) is 4.53. The van der Waals surface area contributed by atoms with E-state index in [9.17, 15) is 4.79 Å². The molecule has 0 bridgehead atoms. The number of aryl methyl sites for hydroxylation is 1. The van der Waals surface area contributed by atoms with Crippen molar-refractivity contribution in [3.63, 3.8) is 0 Å². The second-order valence-corrected chi connectivity index (χ2v) is 6.42. The number of ether oxygens (including phenoxy) is 3. The predicted octanol–water partition coefficient (Wildman–Crippen LogP) is 3.38. The van der Waals surface area contributed by atoms with Crippen LogP contribution in [0.2, 0.25) is 0 Å². The minimum atomic E-state index is -0.139. The number of H-pyrrole nitrogens is 1. The van der Waals surface area contributed by atoms with Crippen molar-refractivity contribution >= 4 is 5.71 Å². The summed E-state index contributed by atoms with van der Waals surface area (Å²) in [5, 5.41) is 3.11. The normalized spacial score (nSPS) is 11.4. The molecular formula is C22H25N3O4. The monoisotopic (exact) mass is 395 g/mol. The zero-order valence-electron chi connectivity index (χ0n) is 17.1. The van der Waals surface area contributed by atoms with Gasteiger partial charge in [0.2, 0.25) is 0 Å². The van der Waals surface area contributed by atoms with Gasteiger partial charge in [-0.2, -0.15) is 0 Å². The first-order valence-corrected chi connectivity index (χ1v) is 9.28. The van der Waals surface area contributed by atoms with Crippen molar-refractivity contribution in [2.45, 2.75) is 13.8 Å². The summed E-state index contributed by atoms with van der Waals surface area (Å²) in [6, 6.07) is 14.7. The van der Waals surface area contributed by atoms with E-state index >= 15 is 0 Å². The van der Waals surface area contributed by atoms with Gasteiger partial charge < -0.3 is 14.2 Å². The highest BCUT2D eigenvalue weighted by molar-refractivity contribution is 5.99. The summed E-state index contributed by atoms with van der Waals surface area (Å²) in [6.45, 7) is 4.50. The van der Waals surface area contributed by atoms with E-state index in [0.29, 0.717) is 35.9 Å². The van der Waals surface area contributed by atoms with Gasteiger partial charge in [-0.25, -0.2) is 4.68 Å². The molecule has 0 aliphatic carbocycles. The maximum atomic E-state index is 12.9. The Morgan fingerprint density at radius 3 is 2.38 bits per heavy atom. The van der Waals surface area contributed by atoms with Crippen LogP contribution in [0.3, 0.4) is 0 Å². The largest absolute Gasteiger partial charge is 0.497 e. The van der Waals surface area contributed by atoms with Crippen molar-refractivity contribution in [1.29, 1.82) is 0 Å². The first kappa shape index (κ1) is 20.3. The lowest BCUT2D eigenvalue weighted by Crippen LogP contribution is -2.20. The molecule has 0 aliphatic rings. The van der Waals surface area contributed by atoms with Crippen LogP contribution in [0.15, 0.2) is 58.3 Å². The van der Waals surface area contributed by atoms with Crippen LogP contribution in [0, 0.1) is 6.92 Å². The highest BCUT2D eigenvalue weighted by atomic mass is 16.5. The second-order valence-electron chi connectivity index (χ2n) is 6.42. The quantitative estimate of drug-likeness (QED) is 0.469. The Morgan fingerprint density at radius 2 is 1.72 bits per heavy atom. The fraction of sp³-hybridized carbons (Fsp3) is 0.273. The number of aromatic nitrogens is 2. The van der Waals surface area contributed by atoms with Crippen LogP contribution in [0.1, 0.15) is 18.2 Å². The van der Waals surface area contributed by atoms with Crippen molar-refractivity contribution in [3.8, 4) is 22.9 Å². The van der Waals surface area contributed by atoms with Gasteiger partial charge in [0.25, 0.3) is 5.56 Å². The summed E-state index contributed by atoms with van der Waals surface area (Å²) in [5.41, 5.74) is 2.59. The predicted molar refractivity (Wildman–Crippen MR) is 113 cm³/mol. The molecule has 0 atom stereocenters. The number of nitrogens with zero attached hydrogens (tertiary/aromatic N) is 2. The summed E-state index contributed by atoms with van der Waals surface area (Å²) >= 11 is 0. The molecule has 1 heterocycles. The van der Waals surface area contributed by atoms with Gasteiger partial charge in [0, 0.05) is 11.4 Å². The molecule has 0 unspecified atom stereocenters. The average molecular weight is 395 g/mol. The lowest BCUT2D eigenvalue weighted by atomic mass is 10.2. The smallest absolute Gasteiger partial charge is 0.280 e. The molecule has 2 aromatic carbocycles. The summed E-state index contributed by atoms with van der Waals surface area (Å²) in [6.07, 6.45) is 0. The third kappa shape index (κ3) is 4.51. The summed E-state index contributed by atoms with van der Waals surface area (Å²) in [5.74, 6) is 2.08. The van der Waals surface area contributed by atoms with Crippen molar-refractivity contribution in [2.75, 3.05) is 27.4 Å². The highest BCUT2D eigenvalue weighted by Crippen LogP contribution is 2.25. The van der Waals surface area contributed by atoms with Crippen LogP contribution in [0.25, 0.3) is 5.69 Å². The van der Waals surface area contributed by atoms with E-state index < -0.39 is 0 Å². The average Bonchev–Trinajstić information content (AvgIpc) is 3.05. The van der Waals surface area contributed by atoms with Crippen LogP contribution in [-0.4, -0.2) is 42.9 Å². The number of rotatable bonds is 8. The second kappa shape index (κ2) is 9.14. The number of benzene rings is 2. The SMILES string of the molecule is COc1ccc(-n2[nH]c(C)c(C(C)=NCCOc3ccccc3OC)c2=O)cc1. The van der Waals surface area contributed by atoms with Crippen molar-refractivity contribution in [2.24, 2.45) is 4.99 Å². The Labute approximate surface area is 169 Å². The minimum absolute atomic E-state index is 0.139. The van der Waals surface area contributed by atoms with Gasteiger partial charge in [-0.05, 0) is 50.2 Å². The Hall–Kier alpha value is -3.48. The minimum Gasteiger partial charge on any atom is -0.497 e. The van der Waals surface area contributed by atoms with Gasteiger partial charge in [-0.15, -0.1) is 0 Å². The zero-order chi connectivity index (χ0) is 20.8. The van der Waals surface area contributed by atoms with E-state index in [1.165, 1.54) is 4.68 Å². The number of aromatic amines is 1. The van der Waals surface area contributed by atoms with E-state index in [1.807, 2.05) is 62.4 Å². The molecule has 3 aromatic rings. The number of hydrogen-bond acceptors (Lipinski definition) is 5. The molecule has 29 heavy (non-hydrogen) atoms. The molecule has 0 spiro atoms. The lowest BCUT2D eigenvalue weighted by molar-refractivity contribution is 0.303. The topological polar surface area (TPSA) is 77.8 Å². The molecule has 0 amide bonds. The number of nitrogens with one attached hydrogen (secondary N) is 1. The summed E-state index contributed by atoms with van der Waals surface area (Å²) in [4.78, 5) is 17.4. The van der Waals surface area contributed by atoms with Gasteiger partial charge in [-0.1, -0.05) is 12.1 Å². The lowest BCUT2D eigenvalue weighted by Gasteiger charge is -2.09. The Balaban J connectivity index is 1.72. The molecule has 0 saturated heterocycles. The molecular weight excluding hydrogens is 370 g/mol. The molecule has 7 nitrogen and oxygen atoms in total. The Bertz CT molecular complexity index is 1050. The molecule has 0 radical (unpaired) electrons. The van der Waals surface area contributed by atoms with Crippen molar-refractivity contribution in [3.05, 3.63) is 70.1 Å². The van der Waals surface area contributed by atoms with E-state index in [4.69, 9.17) is 14.2 Å². The first-order valence-electron chi connectivity index (χ1n) is 9.28. The van der Waals surface area contributed by atoms with Crippen LogP contribution in [0.4, 0.5) is 0 Å². The number of methoxy groups -OCH3 is 2. The number of aliphatic imine (C=N–C) groups is 1. The van der Waals surface area contributed by atoms with E-state index in [0.717, 1.165) is 17.1 Å². The highest BCUT2D eigenvalue weighted by Gasteiger charge is 2.15. The van der Waals surface area contributed by atoms with Gasteiger partial charge in [0.1, 0.15) is 12.4 Å². The first-order chi connectivity index (χ1) is 14.0. The molecule has 152 valence electrons. The zero-order valence-corrected chi connectivity index (χ0v) is 17.1. The van der Waals surface area contributed by atoms with Crippen LogP contribution < -0.4 is 19.8 Å². The summed E-state index contributed by atoms with van der Waals surface area (Å²) < 4.78 is 17.7. The van der Waals surface area contributed by atoms with E-state index in [2.05, 4.69) is 10.1 Å². The summed E-state index contributed by atoms with van der Waals surface area (Å²) in [7, 11) is 3.21. The Kier molecular flexibility index (Phi) is 6.39. The third-order valence-corrected chi connectivity index (χ3v) is 4.53. The maximum absolute atomic E-state index is 12.9. The van der Waals surface area contributed by atoms with Crippen LogP contribution >= 0.6 is 0 Å². The molecule has 3 rings (SSSR count). The van der Waals surface area contributed by atoms with Crippen molar-refractivity contribution in [1.82, 2.24) is 9.78 Å². The molecule has 0 saturated carbocycles. The fourth-order valence-corrected chi connectivity index (χ4v) is 3.07. The molecule has 7 heteroatoms. The van der Waals surface area contributed by atoms with Gasteiger partial charge >= 0.3 is 0 Å². The van der Waals surface area contributed by atoms with Crippen molar-refractivity contribution < 1.29 is 14.2 Å². The number of para-hydroxylation sites is 2. The molecule has 0 aliphatic heterocycles. The van der Waals surface area contributed by atoms with Crippen LogP contribution in [-0.2, 0) is 0 Å². The standard InChI is InChI=1S/C22H25N3O4/c1-15(23-13-14-29-20-8-6-5-7-19(20)28-4)21-16(2)24-25(22(21)26)17-9-11-18(27-3)12-10-17/h5-12,24H,13-14H2,1-4H3. The van der Waals surface area contributed by atoms with Gasteiger partial charge in [-0.3, -0.25) is 14.9 Å². The van der Waals surface area contributed by atoms with Crippen LogP contribution in [0.5, 0.6) is 17.2 Å². The van der Waals surface area contributed by atoms with Gasteiger partial charge in [0.05, 0.1) is 32.0 Å². The molecule has 0 fully saturated rings. The molecule has 1 N–H and O–H groups in total. The van der Waals surface area contributed by atoms with Gasteiger partial charge in [0.15, 0.2) is 11.5 Å². The fourth-order valence-electron chi connectivity index (χ4n) is 3.07. The number of hydrogen-bond donors (Lipinski definition) is 1. The maximum Gasteiger partial charge on any atom is 0.280 e. The molecule has 1 aromatic heterocycles. The van der Waals surface area contributed by atoms with E-state index in [1.54, 1.807) is 14.2 Å².